The van der Waals surface area contributed by atoms with E-state index >= 15 is 0 Å². The zero-order valence-electron chi connectivity index (χ0n) is 22.6. The molecular formula is C28H26Cl4N6O4. The van der Waals surface area contributed by atoms with Crippen molar-refractivity contribution in [3.05, 3.63) is 92.4 Å². The Morgan fingerprint density at radius 3 is 2.14 bits per heavy atom. The molecule has 0 aromatic heterocycles. The lowest BCUT2D eigenvalue weighted by molar-refractivity contribution is -0.124. The van der Waals surface area contributed by atoms with Crippen molar-refractivity contribution >= 4 is 81.5 Å². The molecule has 0 unspecified atom stereocenters. The largest absolute Gasteiger partial charge is 0.347 e. The van der Waals surface area contributed by atoms with Crippen LogP contribution in [0.5, 0.6) is 0 Å². The average Bonchev–Trinajstić information content (AvgIpc) is 3.14. The molecule has 3 aromatic carbocycles. The maximum atomic E-state index is 13.8. The van der Waals surface area contributed by atoms with Crippen molar-refractivity contribution in [3.8, 4) is 0 Å². The minimum absolute atomic E-state index is 0.335. The first-order valence-corrected chi connectivity index (χ1v) is 14.0. The number of anilines is 2. The topological polar surface area (TPSA) is 118 Å². The minimum atomic E-state index is -1.28. The Morgan fingerprint density at radius 1 is 0.952 bits per heavy atom. The molecule has 0 aliphatic carbocycles. The number of halogens is 4. The van der Waals surface area contributed by atoms with E-state index in [2.05, 4.69) is 15.8 Å². The molecule has 3 aromatic rings. The SMILES string of the molecule is C/C(=N/NC(=O)CN1C(=O)N(c2ccc(Cl)cc2)[C@@H](N(O)C(=O)Nc2ccc(Cl)cc2)C1(C)C)c1ccc(Cl)c(Cl)c1. The number of hydrogen-bond acceptors (Lipinski definition) is 5. The monoisotopic (exact) mass is 650 g/mol. The summed E-state index contributed by atoms with van der Waals surface area (Å²) in [4.78, 5) is 42.4. The van der Waals surface area contributed by atoms with Crippen LogP contribution in [0.3, 0.4) is 0 Å². The second kappa shape index (κ2) is 12.8. The van der Waals surface area contributed by atoms with E-state index in [0.717, 1.165) is 0 Å². The van der Waals surface area contributed by atoms with Crippen LogP contribution in [-0.4, -0.2) is 57.1 Å². The Hall–Kier alpha value is -3.54. The zero-order valence-corrected chi connectivity index (χ0v) is 25.6. The number of hydrogen-bond donors (Lipinski definition) is 3. The Labute approximate surface area is 262 Å². The number of hydrazone groups is 1. The molecule has 1 aliphatic rings. The summed E-state index contributed by atoms with van der Waals surface area (Å²) in [5.41, 5.74) is 2.97. The summed E-state index contributed by atoms with van der Waals surface area (Å²) in [6, 6.07) is 15.9. The molecule has 10 nitrogen and oxygen atoms in total. The van der Waals surface area contributed by atoms with Crippen molar-refractivity contribution in [2.45, 2.75) is 32.5 Å². The molecule has 1 heterocycles. The smallest absolute Gasteiger partial charge is 0.306 e. The highest BCUT2D eigenvalue weighted by molar-refractivity contribution is 6.42. The first-order valence-electron chi connectivity index (χ1n) is 12.5. The van der Waals surface area contributed by atoms with Gasteiger partial charge in [-0.25, -0.2) is 15.0 Å². The van der Waals surface area contributed by atoms with Gasteiger partial charge in [0.05, 0.1) is 21.3 Å². The molecule has 1 atom stereocenters. The predicted octanol–water partition coefficient (Wildman–Crippen LogP) is 7.11. The highest BCUT2D eigenvalue weighted by Crippen LogP contribution is 2.38. The summed E-state index contributed by atoms with van der Waals surface area (Å²) >= 11 is 24.0. The predicted molar refractivity (Wildman–Crippen MR) is 165 cm³/mol. The Balaban J connectivity index is 1.59. The van der Waals surface area contributed by atoms with Crippen LogP contribution in [0, 0.1) is 0 Å². The standard InChI is InChI=1S/C28H26Cl4N6O4/c1-16(17-4-13-22(31)23(32)14-17)34-35-24(39)15-36-27(41)37(21-11-7-19(30)8-12-21)25(28(36,2)3)38(42)26(40)33-20-9-5-18(29)6-10-20/h4-14,25,42H,15H2,1-3H3,(H,33,40)(H,35,39)/b34-16-/t25-/m0/s1. The molecular weight excluding hydrogens is 626 g/mol. The maximum Gasteiger partial charge on any atom is 0.347 e. The molecule has 1 saturated heterocycles. The molecule has 4 rings (SSSR count). The minimum Gasteiger partial charge on any atom is -0.306 e. The number of nitrogens with zero attached hydrogens (tertiary/aromatic N) is 4. The third-order valence-corrected chi connectivity index (χ3v) is 7.88. The molecule has 0 bridgehead atoms. The van der Waals surface area contributed by atoms with Crippen molar-refractivity contribution < 1.29 is 19.6 Å². The van der Waals surface area contributed by atoms with Gasteiger partial charge >= 0.3 is 12.1 Å². The van der Waals surface area contributed by atoms with Crippen molar-refractivity contribution in [2.75, 3.05) is 16.8 Å². The number of carbonyl (C=O) groups excluding carboxylic acids is 3. The van der Waals surface area contributed by atoms with Gasteiger partial charge in [0.2, 0.25) is 0 Å². The lowest BCUT2D eigenvalue weighted by atomic mass is 9.99. The van der Waals surface area contributed by atoms with Crippen LogP contribution in [0.1, 0.15) is 26.3 Å². The van der Waals surface area contributed by atoms with E-state index in [4.69, 9.17) is 46.4 Å². The number of urea groups is 2. The molecule has 1 fully saturated rings. The van der Waals surface area contributed by atoms with Gasteiger partial charge < -0.3 is 10.2 Å². The second-order valence-electron chi connectivity index (χ2n) is 9.89. The number of rotatable bonds is 7. The van der Waals surface area contributed by atoms with Crippen molar-refractivity contribution in [1.82, 2.24) is 15.4 Å². The molecule has 5 amide bonds. The van der Waals surface area contributed by atoms with Gasteiger partial charge in [0.25, 0.3) is 5.91 Å². The van der Waals surface area contributed by atoms with Crippen molar-refractivity contribution in [3.63, 3.8) is 0 Å². The highest BCUT2D eigenvalue weighted by Gasteiger charge is 2.56. The van der Waals surface area contributed by atoms with Crippen LogP contribution in [-0.2, 0) is 4.79 Å². The number of amides is 5. The summed E-state index contributed by atoms with van der Waals surface area (Å²) < 4.78 is 0. The van der Waals surface area contributed by atoms with E-state index in [0.29, 0.717) is 47.8 Å². The van der Waals surface area contributed by atoms with Crippen LogP contribution in [0.2, 0.25) is 20.1 Å². The van der Waals surface area contributed by atoms with Crippen LogP contribution in [0.4, 0.5) is 21.0 Å². The van der Waals surface area contributed by atoms with Gasteiger partial charge in [-0.05, 0) is 87.0 Å². The molecule has 14 heteroatoms. The fraction of sp³-hybridized carbons (Fsp3) is 0.214. The van der Waals surface area contributed by atoms with E-state index in [1.54, 1.807) is 87.5 Å². The number of nitrogens with one attached hydrogen (secondary N) is 2. The molecule has 0 spiro atoms. The Bertz CT molecular complexity index is 1530. The summed E-state index contributed by atoms with van der Waals surface area (Å²) in [6.45, 7) is 4.49. The van der Waals surface area contributed by atoms with Gasteiger partial charge in [-0.15, -0.1) is 0 Å². The van der Waals surface area contributed by atoms with Gasteiger partial charge in [0, 0.05) is 21.4 Å². The van der Waals surface area contributed by atoms with E-state index in [-0.39, 0.29) is 0 Å². The molecule has 42 heavy (non-hydrogen) atoms. The van der Waals surface area contributed by atoms with Gasteiger partial charge in [-0.3, -0.25) is 14.9 Å². The molecule has 3 N–H and O–H groups in total. The summed E-state index contributed by atoms with van der Waals surface area (Å²) in [7, 11) is 0. The quantitative estimate of drug-likeness (QED) is 0.143. The number of carbonyl (C=O) groups is 3. The van der Waals surface area contributed by atoms with E-state index in [1.807, 2.05) is 0 Å². The zero-order chi connectivity index (χ0) is 30.8. The fourth-order valence-corrected chi connectivity index (χ4v) is 4.96. The Morgan fingerprint density at radius 2 is 1.55 bits per heavy atom. The highest BCUT2D eigenvalue weighted by atomic mass is 35.5. The van der Waals surface area contributed by atoms with Gasteiger partial charge in [0.1, 0.15) is 6.54 Å². The summed E-state index contributed by atoms with van der Waals surface area (Å²) in [5.74, 6) is -0.609. The fourth-order valence-electron chi connectivity index (χ4n) is 4.41. The van der Waals surface area contributed by atoms with Crippen LogP contribution >= 0.6 is 46.4 Å². The third kappa shape index (κ3) is 6.74. The Kier molecular flexibility index (Phi) is 9.54. The first-order chi connectivity index (χ1) is 19.8. The lowest BCUT2D eigenvalue weighted by Crippen LogP contribution is -2.58. The van der Waals surface area contributed by atoms with Gasteiger partial charge in [-0.2, -0.15) is 10.2 Å². The van der Waals surface area contributed by atoms with E-state index in [9.17, 15) is 19.6 Å². The molecule has 0 saturated carbocycles. The van der Waals surface area contributed by atoms with E-state index < -0.39 is 36.2 Å². The third-order valence-electron chi connectivity index (χ3n) is 6.64. The van der Waals surface area contributed by atoms with Crippen molar-refractivity contribution in [1.29, 1.82) is 0 Å². The normalized spacial score (nSPS) is 16.4. The molecule has 0 radical (unpaired) electrons. The first kappa shape index (κ1) is 31.4. The van der Waals surface area contributed by atoms with Gasteiger partial charge in [0.15, 0.2) is 6.17 Å². The van der Waals surface area contributed by atoms with E-state index in [1.165, 1.54) is 9.80 Å². The van der Waals surface area contributed by atoms with Gasteiger partial charge in [-0.1, -0.05) is 52.5 Å². The summed E-state index contributed by atoms with van der Waals surface area (Å²) in [5, 5.41) is 19.9. The molecule has 1 aliphatic heterocycles. The maximum absolute atomic E-state index is 13.8. The number of benzene rings is 3. The van der Waals surface area contributed by atoms with Crippen LogP contribution in [0.25, 0.3) is 0 Å². The molecule has 220 valence electrons. The van der Waals surface area contributed by atoms with Crippen LogP contribution < -0.4 is 15.6 Å². The lowest BCUT2D eigenvalue weighted by Gasteiger charge is -2.38. The summed E-state index contributed by atoms with van der Waals surface area (Å²) in [6.07, 6.45) is -1.26. The average molecular weight is 652 g/mol. The van der Waals surface area contributed by atoms with Crippen molar-refractivity contribution in [2.24, 2.45) is 5.10 Å². The van der Waals surface area contributed by atoms with Crippen LogP contribution in [0.15, 0.2) is 71.8 Å². The second-order valence-corrected chi connectivity index (χ2v) is 11.6. The number of hydroxylamine groups is 2.